The molecule has 0 spiro atoms. The molecule has 5 heteroatoms. The molecule has 0 radical (unpaired) electrons. The van der Waals surface area contributed by atoms with Gasteiger partial charge >= 0.3 is 5.97 Å². The number of likely N-dealkylation sites (tertiary alicyclic amines) is 1. The highest BCUT2D eigenvalue weighted by atomic mass is 16.4. The average molecular weight is 310 g/mol. The number of nitrogens with one attached hydrogen (secondary N) is 1. The van der Waals surface area contributed by atoms with Crippen LogP contribution in [0.5, 0.6) is 0 Å². The van der Waals surface area contributed by atoms with Crippen molar-refractivity contribution in [3.8, 4) is 0 Å². The first-order valence-corrected chi connectivity index (χ1v) is 8.69. The molecule has 5 nitrogen and oxygen atoms in total. The number of hydrogen-bond donors (Lipinski definition) is 2. The predicted octanol–water partition coefficient (Wildman–Crippen LogP) is 2.11. The Kier molecular flexibility index (Phi) is 6.24. The number of carboxylic acid groups (broad SMARTS) is 1. The van der Waals surface area contributed by atoms with E-state index in [0.29, 0.717) is 6.54 Å². The van der Waals surface area contributed by atoms with E-state index >= 15 is 0 Å². The lowest BCUT2D eigenvalue weighted by atomic mass is 9.90. The van der Waals surface area contributed by atoms with Gasteiger partial charge in [-0.3, -0.25) is 9.59 Å². The molecule has 2 fully saturated rings. The van der Waals surface area contributed by atoms with Gasteiger partial charge in [-0.2, -0.15) is 0 Å². The number of carbonyl (C=O) groups is 2. The Morgan fingerprint density at radius 3 is 2.45 bits per heavy atom. The van der Waals surface area contributed by atoms with Crippen molar-refractivity contribution in [2.24, 2.45) is 17.8 Å². The van der Waals surface area contributed by atoms with Crippen LogP contribution in [-0.2, 0) is 9.59 Å². The lowest BCUT2D eigenvalue weighted by molar-refractivity contribution is -0.142. The molecular weight excluding hydrogens is 280 g/mol. The first-order valence-electron chi connectivity index (χ1n) is 8.69. The second kappa shape index (κ2) is 7.95. The summed E-state index contributed by atoms with van der Waals surface area (Å²) in [5.41, 5.74) is 0. The Labute approximate surface area is 133 Å². The lowest BCUT2D eigenvalue weighted by Crippen LogP contribution is -2.53. The van der Waals surface area contributed by atoms with Crippen molar-refractivity contribution in [1.82, 2.24) is 10.2 Å². The third-order valence-electron chi connectivity index (χ3n) is 4.98. The molecule has 1 amide bonds. The van der Waals surface area contributed by atoms with Crippen LogP contribution in [0.2, 0.25) is 0 Å². The van der Waals surface area contributed by atoms with Crippen molar-refractivity contribution in [1.29, 1.82) is 0 Å². The van der Waals surface area contributed by atoms with E-state index in [1.54, 1.807) is 0 Å². The number of nitrogens with zero attached hydrogens (tertiary/aromatic N) is 1. The molecule has 2 N–H and O–H groups in total. The molecule has 1 saturated carbocycles. The second-order valence-corrected chi connectivity index (χ2v) is 7.35. The molecule has 1 saturated heterocycles. The summed E-state index contributed by atoms with van der Waals surface area (Å²) < 4.78 is 0. The fourth-order valence-corrected chi connectivity index (χ4v) is 3.84. The summed E-state index contributed by atoms with van der Waals surface area (Å²) >= 11 is 0. The van der Waals surface area contributed by atoms with Gasteiger partial charge in [-0.25, -0.2) is 0 Å². The molecule has 0 aromatic heterocycles. The van der Waals surface area contributed by atoms with Crippen molar-refractivity contribution < 1.29 is 14.7 Å². The maximum atomic E-state index is 12.3. The number of rotatable bonds is 6. The van der Waals surface area contributed by atoms with Crippen LogP contribution in [0.3, 0.4) is 0 Å². The Morgan fingerprint density at radius 2 is 1.86 bits per heavy atom. The van der Waals surface area contributed by atoms with Crippen molar-refractivity contribution in [2.75, 3.05) is 19.6 Å². The van der Waals surface area contributed by atoms with Crippen LogP contribution in [0.1, 0.15) is 52.4 Å². The number of amides is 1. The van der Waals surface area contributed by atoms with Gasteiger partial charge in [0.25, 0.3) is 0 Å². The lowest BCUT2D eigenvalue weighted by Gasteiger charge is -2.39. The monoisotopic (exact) mass is 310 g/mol. The molecule has 1 heterocycles. The van der Waals surface area contributed by atoms with Crippen LogP contribution in [0.25, 0.3) is 0 Å². The van der Waals surface area contributed by atoms with Gasteiger partial charge in [0.1, 0.15) is 0 Å². The number of aliphatic carboxylic acids is 1. The maximum Gasteiger partial charge on any atom is 0.303 e. The Bertz CT molecular complexity index is 391. The Hall–Kier alpha value is -1.10. The molecular formula is C17H30N2O3. The van der Waals surface area contributed by atoms with Gasteiger partial charge < -0.3 is 15.3 Å². The van der Waals surface area contributed by atoms with E-state index in [1.807, 2.05) is 18.7 Å². The van der Waals surface area contributed by atoms with Crippen molar-refractivity contribution in [3.63, 3.8) is 0 Å². The van der Waals surface area contributed by atoms with Crippen LogP contribution in [0.4, 0.5) is 0 Å². The fourth-order valence-electron chi connectivity index (χ4n) is 3.84. The molecule has 1 aliphatic heterocycles. The van der Waals surface area contributed by atoms with E-state index in [4.69, 9.17) is 5.11 Å². The molecule has 0 bridgehead atoms. The molecule has 0 aromatic rings. The fraction of sp³-hybridized carbons (Fsp3) is 0.882. The smallest absolute Gasteiger partial charge is 0.303 e. The summed E-state index contributed by atoms with van der Waals surface area (Å²) in [4.78, 5) is 25.2. The van der Waals surface area contributed by atoms with E-state index in [1.165, 1.54) is 25.7 Å². The molecule has 2 atom stereocenters. The quantitative estimate of drug-likeness (QED) is 0.788. The SMILES string of the molecule is CC(C)C(=O)N1CC(CC(=O)O)CC(NCC2CCCC2)C1. The summed E-state index contributed by atoms with van der Waals surface area (Å²) in [7, 11) is 0. The molecule has 2 rings (SSSR count). The van der Waals surface area contributed by atoms with E-state index in [9.17, 15) is 9.59 Å². The van der Waals surface area contributed by atoms with Crippen molar-refractivity contribution >= 4 is 11.9 Å². The molecule has 126 valence electrons. The standard InChI is InChI=1S/C17H30N2O3/c1-12(2)17(22)19-10-14(8-16(20)21)7-15(11-19)18-9-13-5-3-4-6-13/h12-15,18H,3-11H2,1-2H3,(H,20,21). The minimum Gasteiger partial charge on any atom is -0.481 e. The number of piperidine rings is 1. The highest BCUT2D eigenvalue weighted by Gasteiger charge is 2.32. The largest absolute Gasteiger partial charge is 0.481 e. The van der Waals surface area contributed by atoms with E-state index < -0.39 is 5.97 Å². The normalized spacial score (nSPS) is 26.6. The summed E-state index contributed by atoms with van der Waals surface area (Å²) in [6.07, 6.45) is 6.28. The van der Waals surface area contributed by atoms with E-state index in [-0.39, 0.29) is 30.2 Å². The molecule has 2 aliphatic rings. The van der Waals surface area contributed by atoms with Crippen LogP contribution >= 0.6 is 0 Å². The van der Waals surface area contributed by atoms with Crippen LogP contribution in [-0.4, -0.2) is 47.6 Å². The zero-order chi connectivity index (χ0) is 16.1. The summed E-state index contributed by atoms with van der Waals surface area (Å²) in [5, 5.41) is 12.7. The highest BCUT2D eigenvalue weighted by molar-refractivity contribution is 5.78. The highest BCUT2D eigenvalue weighted by Crippen LogP contribution is 2.25. The number of carbonyl (C=O) groups excluding carboxylic acids is 1. The minimum absolute atomic E-state index is 0.0286. The summed E-state index contributed by atoms with van der Waals surface area (Å²) in [6, 6.07) is 0.237. The Morgan fingerprint density at radius 1 is 1.18 bits per heavy atom. The van der Waals surface area contributed by atoms with Gasteiger partial charge in [-0.15, -0.1) is 0 Å². The topological polar surface area (TPSA) is 69.6 Å². The Balaban J connectivity index is 1.91. The predicted molar refractivity (Wildman–Crippen MR) is 85.5 cm³/mol. The van der Waals surface area contributed by atoms with Gasteiger partial charge in [0, 0.05) is 31.5 Å². The second-order valence-electron chi connectivity index (χ2n) is 7.35. The van der Waals surface area contributed by atoms with Crippen LogP contribution in [0.15, 0.2) is 0 Å². The number of carboxylic acids is 1. The molecule has 2 unspecified atom stereocenters. The maximum absolute atomic E-state index is 12.3. The third kappa shape index (κ3) is 4.97. The zero-order valence-corrected chi connectivity index (χ0v) is 13.9. The minimum atomic E-state index is -0.765. The average Bonchev–Trinajstić information content (AvgIpc) is 2.96. The molecule has 22 heavy (non-hydrogen) atoms. The van der Waals surface area contributed by atoms with Crippen LogP contribution in [0, 0.1) is 17.8 Å². The van der Waals surface area contributed by atoms with Gasteiger partial charge in [0.05, 0.1) is 0 Å². The van der Waals surface area contributed by atoms with Gasteiger partial charge in [0.2, 0.25) is 5.91 Å². The number of hydrogen-bond acceptors (Lipinski definition) is 3. The first-order chi connectivity index (χ1) is 10.5. The summed E-state index contributed by atoms with van der Waals surface area (Å²) in [6.45, 7) is 6.13. The van der Waals surface area contributed by atoms with Gasteiger partial charge in [-0.1, -0.05) is 26.7 Å². The van der Waals surface area contributed by atoms with E-state index in [2.05, 4.69) is 5.32 Å². The molecule has 1 aliphatic carbocycles. The van der Waals surface area contributed by atoms with Gasteiger partial charge in [0.15, 0.2) is 0 Å². The van der Waals surface area contributed by atoms with Gasteiger partial charge in [-0.05, 0) is 37.6 Å². The van der Waals surface area contributed by atoms with Crippen molar-refractivity contribution in [3.05, 3.63) is 0 Å². The third-order valence-corrected chi connectivity index (χ3v) is 4.98. The first kappa shape index (κ1) is 17.3. The molecule has 0 aromatic carbocycles. The summed E-state index contributed by atoms with van der Waals surface area (Å²) in [5.74, 6) is 0.171. The zero-order valence-electron chi connectivity index (χ0n) is 13.9. The van der Waals surface area contributed by atoms with Crippen molar-refractivity contribution in [2.45, 2.75) is 58.4 Å². The van der Waals surface area contributed by atoms with Crippen LogP contribution < -0.4 is 5.32 Å². The van der Waals surface area contributed by atoms with E-state index in [0.717, 1.165) is 25.4 Å².